The Kier molecular flexibility index (Phi) is 3.00. The summed E-state index contributed by atoms with van der Waals surface area (Å²) in [5.74, 6) is -1.89. The summed E-state index contributed by atoms with van der Waals surface area (Å²) in [4.78, 5) is 41.5. The lowest BCUT2D eigenvalue weighted by Gasteiger charge is -2.29. The normalized spacial score (nSPS) is 34.2. The van der Waals surface area contributed by atoms with Crippen molar-refractivity contribution in [2.75, 3.05) is 18.5 Å². The van der Waals surface area contributed by atoms with Crippen molar-refractivity contribution in [1.29, 1.82) is 0 Å². The van der Waals surface area contributed by atoms with Gasteiger partial charge in [0.15, 0.2) is 0 Å². The van der Waals surface area contributed by atoms with Crippen LogP contribution in [0.2, 0.25) is 0 Å². The Bertz CT molecular complexity index is 789. The van der Waals surface area contributed by atoms with Crippen LogP contribution in [0.4, 0.5) is 5.69 Å². The Labute approximate surface area is 140 Å². The Morgan fingerprint density at radius 1 is 1.25 bits per heavy atom. The number of para-hydroxylation sites is 1. The second kappa shape index (κ2) is 4.77. The zero-order chi connectivity index (χ0) is 17.2. The predicted octanol–water partition coefficient (Wildman–Crippen LogP) is 0.637. The van der Waals surface area contributed by atoms with Gasteiger partial charge in [0.25, 0.3) is 5.91 Å². The van der Waals surface area contributed by atoms with Gasteiger partial charge in [0.05, 0.1) is 11.8 Å². The van der Waals surface area contributed by atoms with Crippen LogP contribution in [0.15, 0.2) is 36.9 Å². The van der Waals surface area contributed by atoms with Crippen molar-refractivity contribution in [3.63, 3.8) is 0 Å². The molecule has 2 saturated heterocycles. The third-order valence-corrected chi connectivity index (χ3v) is 5.55. The van der Waals surface area contributed by atoms with Gasteiger partial charge in [-0.25, -0.2) is 0 Å². The van der Waals surface area contributed by atoms with Crippen molar-refractivity contribution in [2.24, 2.45) is 11.8 Å². The van der Waals surface area contributed by atoms with E-state index in [4.69, 9.17) is 0 Å². The Morgan fingerprint density at radius 2 is 1.96 bits per heavy atom. The molecule has 6 nitrogen and oxygen atoms in total. The molecule has 124 valence electrons. The average Bonchev–Trinajstić information content (AvgIpc) is 3.10. The molecule has 1 aromatic rings. The number of hydrogen-bond acceptors (Lipinski definition) is 4. The molecule has 24 heavy (non-hydrogen) atoms. The molecule has 1 aromatic carbocycles. The molecular formula is C18H19N3O3. The molecule has 4 rings (SSSR count). The number of amides is 3. The summed E-state index contributed by atoms with van der Waals surface area (Å²) in [6.07, 6.45) is 1.66. The monoisotopic (exact) mass is 325 g/mol. The number of carbonyl (C=O) groups excluding carboxylic acids is 3. The van der Waals surface area contributed by atoms with Crippen LogP contribution >= 0.6 is 0 Å². The quantitative estimate of drug-likeness (QED) is 0.640. The standard InChI is InChI=1S/C18H19N3O3/c1-4-9-21-12-8-6-5-7-11(12)18(17(21)24)14-13(10(2)19-18)15(22)20(3)16(14)23/h4-8,10,13-14,19H,1,9H2,2-3H3/t10-,13+,14+,18+/m1/s1. The van der Waals surface area contributed by atoms with Gasteiger partial charge < -0.3 is 4.90 Å². The zero-order valence-corrected chi connectivity index (χ0v) is 13.7. The largest absolute Gasteiger partial charge is 0.306 e. The molecule has 4 atom stereocenters. The van der Waals surface area contributed by atoms with Crippen molar-refractivity contribution in [1.82, 2.24) is 10.2 Å². The van der Waals surface area contributed by atoms with Crippen LogP contribution in [0.5, 0.6) is 0 Å². The lowest BCUT2D eigenvalue weighted by atomic mass is 9.76. The van der Waals surface area contributed by atoms with Gasteiger partial charge in [0.1, 0.15) is 5.54 Å². The summed E-state index contributed by atoms with van der Waals surface area (Å²) in [6, 6.07) is 7.21. The van der Waals surface area contributed by atoms with Gasteiger partial charge in [-0.15, -0.1) is 6.58 Å². The van der Waals surface area contributed by atoms with Gasteiger partial charge >= 0.3 is 0 Å². The number of imide groups is 1. The molecule has 0 aliphatic carbocycles. The second-order valence-electron chi connectivity index (χ2n) is 6.70. The Balaban J connectivity index is 1.95. The number of hydrogen-bond donors (Lipinski definition) is 1. The molecule has 3 aliphatic rings. The van der Waals surface area contributed by atoms with Crippen LogP contribution < -0.4 is 10.2 Å². The first-order valence-electron chi connectivity index (χ1n) is 8.06. The van der Waals surface area contributed by atoms with Crippen LogP contribution in [0.25, 0.3) is 0 Å². The number of likely N-dealkylation sites (tertiary alicyclic amines) is 1. The number of carbonyl (C=O) groups is 3. The molecule has 1 N–H and O–H groups in total. The number of nitrogens with zero attached hydrogens (tertiary/aromatic N) is 2. The van der Waals surface area contributed by atoms with Gasteiger partial charge in [0.2, 0.25) is 11.8 Å². The van der Waals surface area contributed by atoms with Crippen LogP contribution in [-0.2, 0) is 19.9 Å². The first-order valence-corrected chi connectivity index (χ1v) is 8.06. The highest BCUT2D eigenvalue weighted by molar-refractivity contribution is 6.15. The Morgan fingerprint density at radius 3 is 2.67 bits per heavy atom. The van der Waals surface area contributed by atoms with Crippen molar-refractivity contribution < 1.29 is 14.4 Å². The summed E-state index contributed by atoms with van der Waals surface area (Å²) < 4.78 is 0. The molecule has 1 spiro atoms. The van der Waals surface area contributed by atoms with Gasteiger partial charge in [0, 0.05) is 30.9 Å². The minimum absolute atomic E-state index is 0.181. The fourth-order valence-corrected chi connectivity index (χ4v) is 4.56. The van der Waals surface area contributed by atoms with E-state index in [1.54, 1.807) is 11.0 Å². The lowest BCUT2D eigenvalue weighted by molar-refractivity contribution is -0.141. The minimum Gasteiger partial charge on any atom is -0.306 e. The van der Waals surface area contributed by atoms with Crippen LogP contribution in [0, 0.1) is 11.8 Å². The van der Waals surface area contributed by atoms with E-state index in [9.17, 15) is 14.4 Å². The van der Waals surface area contributed by atoms with E-state index in [2.05, 4.69) is 11.9 Å². The van der Waals surface area contributed by atoms with E-state index in [1.807, 2.05) is 31.2 Å². The molecule has 0 bridgehead atoms. The summed E-state index contributed by atoms with van der Waals surface area (Å²) in [7, 11) is 1.50. The SMILES string of the molecule is C=CCN1C(=O)[C@]2(N[C@H](C)[C@@H]3C(=O)N(C)C(=O)[C@H]32)c2ccccc21. The number of anilines is 1. The van der Waals surface area contributed by atoms with E-state index in [0.29, 0.717) is 6.54 Å². The first kappa shape index (κ1) is 15.1. The lowest BCUT2D eigenvalue weighted by Crippen LogP contribution is -2.54. The van der Waals surface area contributed by atoms with Gasteiger partial charge in [-0.3, -0.25) is 24.6 Å². The maximum atomic E-state index is 13.4. The van der Waals surface area contributed by atoms with E-state index in [1.165, 1.54) is 11.9 Å². The van der Waals surface area contributed by atoms with E-state index in [-0.39, 0.29) is 23.8 Å². The molecule has 3 amide bonds. The van der Waals surface area contributed by atoms with E-state index in [0.717, 1.165) is 11.3 Å². The van der Waals surface area contributed by atoms with Crippen molar-refractivity contribution >= 4 is 23.4 Å². The van der Waals surface area contributed by atoms with Crippen LogP contribution in [-0.4, -0.2) is 42.3 Å². The van der Waals surface area contributed by atoms with Crippen molar-refractivity contribution in [3.8, 4) is 0 Å². The summed E-state index contributed by atoms with van der Waals surface area (Å²) in [5, 5.41) is 3.31. The molecular weight excluding hydrogens is 306 g/mol. The minimum atomic E-state index is -1.17. The van der Waals surface area contributed by atoms with Crippen LogP contribution in [0.1, 0.15) is 12.5 Å². The fraction of sp³-hybridized carbons (Fsp3) is 0.389. The molecule has 0 saturated carbocycles. The molecule has 0 radical (unpaired) electrons. The van der Waals surface area contributed by atoms with Crippen LogP contribution in [0.3, 0.4) is 0 Å². The Hall–Kier alpha value is -2.47. The van der Waals surface area contributed by atoms with Crippen molar-refractivity contribution in [3.05, 3.63) is 42.5 Å². The molecule has 2 fully saturated rings. The van der Waals surface area contributed by atoms with E-state index >= 15 is 0 Å². The fourth-order valence-electron chi connectivity index (χ4n) is 4.56. The summed E-state index contributed by atoms with van der Waals surface area (Å²) in [5.41, 5.74) is 0.381. The highest BCUT2D eigenvalue weighted by atomic mass is 16.2. The highest BCUT2D eigenvalue weighted by Gasteiger charge is 2.70. The number of rotatable bonds is 2. The highest BCUT2D eigenvalue weighted by Crippen LogP contribution is 2.54. The van der Waals surface area contributed by atoms with Gasteiger partial charge in [-0.2, -0.15) is 0 Å². The topological polar surface area (TPSA) is 69.7 Å². The zero-order valence-electron chi connectivity index (χ0n) is 13.7. The number of nitrogens with one attached hydrogen (secondary N) is 1. The summed E-state index contributed by atoms with van der Waals surface area (Å²) in [6.45, 7) is 5.95. The number of benzene rings is 1. The average molecular weight is 325 g/mol. The third kappa shape index (κ3) is 1.52. The van der Waals surface area contributed by atoms with Gasteiger partial charge in [-0.05, 0) is 13.0 Å². The van der Waals surface area contributed by atoms with E-state index < -0.39 is 17.4 Å². The first-order chi connectivity index (χ1) is 11.4. The molecule has 3 aliphatic heterocycles. The van der Waals surface area contributed by atoms with Gasteiger partial charge in [-0.1, -0.05) is 24.3 Å². The molecule has 6 heteroatoms. The smallest absolute Gasteiger partial charge is 0.253 e. The predicted molar refractivity (Wildman–Crippen MR) is 88.0 cm³/mol. The number of fused-ring (bicyclic) bond motifs is 4. The summed E-state index contributed by atoms with van der Waals surface area (Å²) >= 11 is 0. The molecule has 0 aromatic heterocycles. The molecule has 0 unspecified atom stereocenters. The second-order valence-corrected chi connectivity index (χ2v) is 6.70. The maximum Gasteiger partial charge on any atom is 0.253 e. The van der Waals surface area contributed by atoms with Crippen molar-refractivity contribution in [2.45, 2.75) is 18.5 Å². The third-order valence-electron chi connectivity index (χ3n) is 5.55. The molecule has 3 heterocycles. The maximum absolute atomic E-state index is 13.4.